The molecular weight excluding hydrogens is 458 g/mol. The summed E-state index contributed by atoms with van der Waals surface area (Å²) in [6, 6.07) is 14.2. The van der Waals surface area contributed by atoms with Crippen LogP contribution in [-0.2, 0) is 19.6 Å². The Hall–Kier alpha value is -2.36. The van der Waals surface area contributed by atoms with E-state index in [9.17, 15) is 18.0 Å². The zero-order valence-electron chi connectivity index (χ0n) is 19.3. The van der Waals surface area contributed by atoms with Crippen molar-refractivity contribution in [2.45, 2.75) is 49.4 Å². The zero-order valence-corrected chi connectivity index (χ0v) is 20.9. The third-order valence-corrected chi connectivity index (χ3v) is 8.38. The van der Waals surface area contributed by atoms with Crippen molar-refractivity contribution in [1.29, 1.82) is 0 Å². The van der Waals surface area contributed by atoms with E-state index in [1.165, 1.54) is 27.0 Å². The molecule has 0 bridgehead atoms. The predicted molar refractivity (Wildman–Crippen MR) is 132 cm³/mol. The van der Waals surface area contributed by atoms with Gasteiger partial charge in [0.15, 0.2) is 0 Å². The predicted octanol–water partition coefficient (Wildman–Crippen LogP) is 3.81. The monoisotopic (exact) mass is 489 g/mol. The number of carbonyl (C=O) groups excluding carboxylic acids is 2. The second-order valence-corrected chi connectivity index (χ2v) is 11.0. The van der Waals surface area contributed by atoms with Gasteiger partial charge in [0.05, 0.1) is 22.4 Å². The number of rotatable bonds is 10. The molecule has 7 nitrogen and oxygen atoms in total. The maximum absolute atomic E-state index is 13.2. The summed E-state index contributed by atoms with van der Waals surface area (Å²) in [5.41, 5.74) is 1.43. The highest BCUT2D eigenvalue weighted by atomic mass is 32.2. The molecule has 1 aliphatic heterocycles. The molecule has 2 amide bonds. The van der Waals surface area contributed by atoms with Crippen LogP contribution in [0.25, 0.3) is 0 Å². The van der Waals surface area contributed by atoms with Crippen LogP contribution in [0.4, 0.5) is 5.69 Å². The van der Waals surface area contributed by atoms with Crippen LogP contribution in [0.5, 0.6) is 0 Å². The largest absolute Gasteiger partial charge is 0.348 e. The number of benzene rings is 2. The quantitative estimate of drug-likeness (QED) is 0.548. The molecule has 0 spiro atoms. The van der Waals surface area contributed by atoms with Crippen molar-refractivity contribution < 1.29 is 18.0 Å². The van der Waals surface area contributed by atoms with Crippen LogP contribution < -0.4 is 10.2 Å². The molecule has 33 heavy (non-hydrogen) atoms. The van der Waals surface area contributed by atoms with Gasteiger partial charge in [-0.05, 0) is 43.5 Å². The second-order valence-electron chi connectivity index (χ2n) is 8.00. The molecule has 0 aromatic heterocycles. The number of carbonyl (C=O) groups is 2. The van der Waals surface area contributed by atoms with Gasteiger partial charge in [-0.25, -0.2) is 8.42 Å². The molecule has 178 valence electrons. The molecule has 2 aromatic rings. The lowest BCUT2D eigenvalue weighted by Gasteiger charge is -2.30. The lowest BCUT2D eigenvalue weighted by Crippen LogP contribution is -2.44. The van der Waals surface area contributed by atoms with Gasteiger partial charge in [0, 0.05) is 18.0 Å². The fraction of sp³-hybridized carbons (Fsp3) is 0.417. The molecule has 0 fully saturated rings. The molecule has 1 unspecified atom stereocenters. The van der Waals surface area contributed by atoms with E-state index >= 15 is 0 Å². The van der Waals surface area contributed by atoms with Crippen LogP contribution in [0.15, 0.2) is 58.3 Å². The molecule has 2 aromatic carbocycles. The summed E-state index contributed by atoms with van der Waals surface area (Å²) >= 11 is 1.36. The smallest absolute Gasteiger partial charge is 0.243 e. The molecule has 1 heterocycles. The molecular formula is C24H31N3O4S2. The molecule has 9 heteroatoms. The minimum Gasteiger partial charge on any atom is -0.348 e. The zero-order chi connectivity index (χ0) is 24.0. The van der Waals surface area contributed by atoms with Crippen molar-refractivity contribution in [2.24, 2.45) is 0 Å². The standard InChI is InChI=1S/C24H31N3O4S2/c1-4-13-26(14-5-2)33(30,31)20-11-12-22-21(15-20)27(24(29)17-32-22)16-23(28)25-18(3)19-9-7-6-8-10-19/h6-12,15,18H,4-5,13-14,16-17H2,1-3H3,(H,25,28). The maximum Gasteiger partial charge on any atom is 0.243 e. The van der Waals surface area contributed by atoms with Crippen molar-refractivity contribution >= 4 is 39.3 Å². The maximum atomic E-state index is 13.2. The summed E-state index contributed by atoms with van der Waals surface area (Å²) in [4.78, 5) is 27.8. The number of fused-ring (bicyclic) bond motifs is 1. The van der Waals surface area contributed by atoms with Crippen LogP contribution in [-0.4, -0.2) is 49.9 Å². The molecule has 3 rings (SSSR count). The summed E-state index contributed by atoms with van der Waals surface area (Å²) in [6.45, 7) is 6.47. The number of nitrogens with zero attached hydrogens (tertiary/aromatic N) is 2. The van der Waals surface area contributed by atoms with E-state index in [0.29, 0.717) is 31.6 Å². The number of nitrogens with one attached hydrogen (secondary N) is 1. The Morgan fingerprint density at radius 2 is 1.79 bits per heavy atom. The molecule has 1 aliphatic rings. The van der Waals surface area contributed by atoms with Crippen molar-refractivity contribution in [3.63, 3.8) is 0 Å². The first-order valence-electron chi connectivity index (χ1n) is 11.2. The van der Waals surface area contributed by atoms with Crippen LogP contribution in [0, 0.1) is 0 Å². The molecule has 0 saturated heterocycles. The Kier molecular flexibility index (Phi) is 8.56. The molecule has 0 radical (unpaired) electrons. The summed E-state index contributed by atoms with van der Waals surface area (Å²) < 4.78 is 28.0. The van der Waals surface area contributed by atoms with Crippen molar-refractivity contribution in [3.8, 4) is 0 Å². The van der Waals surface area contributed by atoms with E-state index in [4.69, 9.17) is 0 Å². The van der Waals surface area contributed by atoms with Gasteiger partial charge < -0.3 is 10.2 Å². The molecule has 1 atom stereocenters. The highest BCUT2D eigenvalue weighted by Crippen LogP contribution is 2.37. The minimum absolute atomic E-state index is 0.140. The van der Waals surface area contributed by atoms with E-state index in [2.05, 4.69) is 5.32 Å². The average molecular weight is 490 g/mol. The van der Waals surface area contributed by atoms with Crippen LogP contribution in [0.3, 0.4) is 0 Å². The Bertz CT molecular complexity index is 1080. The van der Waals surface area contributed by atoms with E-state index < -0.39 is 10.0 Å². The van der Waals surface area contributed by atoms with Gasteiger partial charge in [-0.1, -0.05) is 44.2 Å². The van der Waals surface area contributed by atoms with Crippen LogP contribution in [0.2, 0.25) is 0 Å². The highest BCUT2D eigenvalue weighted by molar-refractivity contribution is 8.00. The number of sulfonamides is 1. The van der Waals surface area contributed by atoms with Crippen LogP contribution in [0.1, 0.15) is 45.2 Å². The molecule has 0 aliphatic carbocycles. The number of anilines is 1. The van der Waals surface area contributed by atoms with Crippen LogP contribution >= 0.6 is 11.8 Å². The third kappa shape index (κ3) is 5.96. The van der Waals surface area contributed by atoms with Gasteiger partial charge in [-0.2, -0.15) is 4.31 Å². The molecule has 0 saturated carbocycles. The third-order valence-electron chi connectivity index (χ3n) is 5.44. The summed E-state index contributed by atoms with van der Waals surface area (Å²) in [7, 11) is -3.70. The summed E-state index contributed by atoms with van der Waals surface area (Å²) in [5.74, 6) is -0.314. The minimum atomic E-state index is -3.70. The second kappa shape index (κ2) is 11.2. The van der Waals surface area contributed by atoms with Gasteiger partial charge in [-0.3, -0.25) is 9.59 Å². The Morgan fingerprint density at radius 1 is 1.12 bits per heavy atom. The van der Waals surface area contributed by atoms with E-state index in [1.807, 2.05) is 51.1 Å². The molecule has 1 N–H and O–H groups in total. The Labute approximate surface area is 200 Å². The first-order chi connectivity index (χ1) is 15.8. The highest BCUT2D eigenvalue weighted by Gasteiger charge is 2.30. The Balaban J connectivity index is 1.84. The fourth-order valence-corrected chi connectivity index (χ4v) is 6.33. The van der Waals surface area contributed by atoms with Crippen molar-refractivity contribution in [2.75, 3.05) is 30.3 Å². The summed E-state index contributed by atoms with van der Waals surface area (Å²) in [6.07, 6.45) is 1.43. The first-order valence-corrected chi connectivity index (χ1v) is 13.6. The van der Waals surface area contributed by atoms with E-state index in [0.717, 1.165) is 10.5 Å². The van der Waals surface area contributed by atoms with Crippen molar-refractivity contribution in [1.82, 2.24) is 9.62 Å². The van der Waals surface area contributed by atoms with Gasteiger partial charge in [0.2, 0.25) is 21.8 Å². The van der Waals surface area contributed by atoms with Gasteiger partial charge in [-0.15, -0.1) is 11.8 Å². The lowest BCUT2D eigenvalue weighted by molar-refractivity contribution is -0.123. The Morgan fingerprint density at radius 3 is 2.42 bits per heavy atom. The SMILES string of the molecule is CCCN(CCC)S(=O)(=O)c1ccc2c(c1)N(CC(=O)NC(C)c1ccccc1)C(=O)CS2. The normalized spacial score (nSPS) is 14.8. The lowest BCUT2D eigenvalue weighted by atomic mass is 10.1. The number of hydrogen-bond donors (Lipinski definition) is 1. The van der Waals surface area contributed by atoms with Gasteiger partial charge in [0.25, 0.3) is 0 Å². The fourth-order valence-electron chi connectivity index (χ4n) is 3.77. The number of thioether (sulfide) groups is 1. The van der Waals surface area contributed by atoms with Gasteiger partial charge in [0.1, 0.15) is 6.54 Å². The average Bonchev–Trinajstić information content (AvgIpc) is 2.81. The van der Waals surface area contributed by atoms with Crippen molar-refractivity contribution in [3.05, 3.63) is 54.1 Å². The number of hydrogen-bond acceptors (Lipinski definition) is 5. The van der Waals surface area contributed by atoms with Gasteiger partial charge >= 0.3 is 0 Å². The topological polar surface area (TPSA) is 86.8 Å². The number of amides is 2. The first kappa shape index (κ1) is 25.3. The van der Waals surface area contributed by atoms with E-state index in [-0.39, 0.29) is 35.0 Å². The summed E-state index contributed by atoms with van der Waals surface area (Å²) in [5, 5.41) is 2.93. The van der Waals surface area contributed by atoms with E-state index in [1.54, 1.807) is 12.1 Å².